The first-order valence-corrected chi connectivity index (χ1v) is 7.71. The molecule has 1 aliphatic carbocycles. The van der Waals surface area contributed by atoms with Crippen LogP contribution < -0.4 is 5.32 Å². The molecule has 1 heterocycles. The number of ether oxygens (including phenoxy) is 1. The van der Waals surface area contributed by atoms with Crippen molar-refractivity contribution < 1.29 is 4.74 Å². The summed E-state index contributed by atoms with van der Waals surface area (Å²) in [7, 11) is 0. The van der Waals surface area contributed by atoms with Crippen LogP contribution in [0.3, 0.4) is 0 Å². The van der Waals surface area contributed by atoms with Crippen LogP contribution in [0.15, 0.2) is 0 Å². The molecule has 2 rings (SSSR count). The van der Waals surface area contributed by atoms with Crippen LogP contribution in [0.1, 0.15) is 46.5 Å². The molecule has 0 amide bonds. The SMILES string of the molecule is CCNCC1(CN2CC(C)OCC2C)CCCC1. The van der Waals surface area contributed by atoms with E-state index in [9.17, 15) is 0 Å². The zero-order valence-electron chi connectivity index (χ0n) is 12.4. The number of hydrogen-bond donors (Lipinski definition) is 1. The van der Waals surface area contributed by atoms with Gasteiger partial charge in [-0.15, -0.1) is 0 Å². The van der Waals surface area contributed by atoms with Crippen LogP contribution in [-0.4, -0.2) is 49.8 Å². The van der Waals surface area contributed by atoms with Gasteiger partial charge in [0.1, 0.15) is 0 Å². The summed E-state index contributed by atoms with van der Waals surface area (Å²) < 4.78 is 5.74. The maximum atomic E-state index is 5.74. The lowest BCUT2D eigenvalue weighted by atomic mass is 9.84. The van der Waals surface area contributed by atoms with E-state index in [1.165, 1.54) is 38.8 Å². The van der Waals surface area contributed by atoms with Gasteiger partial charge in [0, 0.05) is 25.7 Å². The lowest BCUT2D eigenvalue weighted by molar-refractivity contribution is -0.0625. The van der Waals surface area contributed by atoms with Gasteiger partial charge in [0.15, 0.2) is 0 Å². The highest BCUT2D eigenvalue weighted by atomic mass is 16.5. The van der Waals surface area contributed by atoms with Gasteiger partial charge in [0.05, 0.1) is 12.7 Å². The van der Waals surface area contributed by atoms with E-state index in [-0.39, 0.29) is 0 Å². The molecule has 0 aromatic carbocycles. The molecular formula is C15H30N2O. The maximum Gasteiger partial charge on any atom is 0.0674 e. The van der Waals surface area contributed by atoms with Crippen molar-refractivity contribution in [2.45, 2.75) is 58.6 Å². The zero-order valence-corrected chi connectivity index (χ0v) is 12.4. The first-order chi connectivity index (χ1) is 8.65. The molecule has 1 saturated carbocycles. The lowest BCUT2D eigenvalue weighted by Crippen LogP contribution is -2.52. The quantitative estimate of drug-likeness (QED) is 0.814. The Kier molecular flexibility index (Phi) is 5.05. The minimum Gasteiger partial charge on any atom is -0.376 e. The Balaban J connectivity index is 1.94. The van der Waals surface area contributed by atoms with Crippen molar-refractivity contribution in [3.8, 4) is 0 Å². The van der Waals surface area contributed by atoms with Crippen molar-refractivity contribution in [3.63, 3.8) is 0 Å². The number of nitrogens with one attached hydrogen (secondary N) is 1. The molecule has 106 valence electrons. The average molecular weight is 254 g/mol. The molecule has 3 nitrogen and oxygen atoms in total. The number of hydrogen-bond acceptors (Lipinski definition) is 3. The zero-order chi connectivity index (χ0) is 13.0. The summed E-state index contributed by atoms with van der Waals surface area (Å²) in [6.07, 6.45) is 6.04. The van der Waals surface area contributed by atoms with Gasteiger partial charge in [-0.2, -0.15) is 0 Å². The van der Waals surface area contributed by atoms with E-state index in [2.05, 4.69) is 31.0 Å². The molecule has 2 atom stereocenters. The Labute approximate surface area is 112 Å². The second kappa shape index (κ2) is 6.36. The van der Waals surface area contributed by atoms with Gasteiger partial charge in [0.25, 0.3) is 0 Å². The molecule has 1 aliphatic heterocycles. The molecule has 0 radical (unpaired) electrons. The van der Waals surface area contributed by atoms with Crippen LogP contribution in [0.5, 0.6) is 0 Å². The van der Waals surface area contributed by atoms with E-state index in [1.54, 1.807) is 0 Å². The monoisotopic (exact) mass is 254 g/mol. The molecule has 1 N–H and O–H groups in total. The second-order valence-electron chi connectivity index (χ2n) is 6.41. The van der Waals surface area contributed by atoms with Crippen LogP contribution in [0.4, 0.5) is 0 Å². The predicted octanol–water partition coefficient (Wildman–Crippen LogP) is 2.27. The van der Waals surface area contributed by atoms with E-state index in [0.717, 1.165) is 19.7 Å². The third-order valence-electron chi connectivity index (χ3n) is 4.69. The van der Waals surface area contributed by atoms with E-state index in [1.807, 2.05) is 0 Å². The van der Waals surface area contributed by atoms with E-state index < -0.39 is 0 Å². The first-order valence-electron chi connectivity index (χ1n) is 7.71. The van der Waals surface area contributed by atoms with Crippen molar-refractivity contribution in [1.82, 2.24) is 10.2 Å². The molecule has 0 bridgehead atoms. The molecule has 0 aromatic rings. The number of nitrogens with zero attached hydrogens (tertiary/aromatic N) is 1. The fraction of sp³-hybridized carbons (Fsp3) is 1.00. The van der Waals surface area contributed by atoms with Crippen molar-refractivity contribution >= 4 is 0 Å². The molecule has 2 fully saturated rings. The molecule has 2 unspecified atom stereocenters. The second-order valence-corrected chi connectivity index (χ2v) is 6.41. The van der Waals surface area contributed by atoms with Gasteiger partial charge in [-0.1, -0.05) is 19.8 Å². The van der Waals surface area contributed by atoms with Crippen molar-refractivity contribution in [1.29, 1.82) is 0 Å². The van der Waals surface area contributed by atoms with Gasteiger partial charge < -0.3 is 10.1 Å². The summed E-state index contributed by atoms with van der Waals surface area (Å²) >= 11 is 0. The van der Waals surface area contributed by atoms with E-state index in [0.29, 0.717) is 17.6 Å². The Morgan fingerprint density at radius 3 is 2.67 bits per heavy atom. The molecule has 18 heavy (non-hydrogen) atoms. The number of rotatable bonds is 5. The fourth-order valence-corrected chi connectivity index (χ4v) is 3.53. The van der Waals surface area contributed by atoms with Crippen molar-refractivity contribution in [2.24, 2.45) is 5.41 Å². The molecule has 3 heteroatoms. The fourth-order valence-electron chi connectivity index (χ4n) is 3.53. The Morgan fingerprint density at radius 2 is 2.00 bits per heavy atom. The highest BCUT2D eigenvalue weighted by Gasteiger charge is 2.37. The molecule has 2 aliphatic rings. The van der Waals surface area contributed by atoms with Crippen LogP contribution >= 0.6 is 0 Å². The normalized spacial score (nSPS) is 32.8. The van der Waals surface area contributed by atoms with Crippen molar-refractivity contribution in [3.05, 3.63) is 0 Å². The van der Waals surface area contributed by atoms with Gasteiger partial charge in [-0.25, -0.2) is 0 Å². The third kappa shape index (κ3) is 3.46. The van der Waals surface area contributed by atoms with Gasteiger partial charge in [-0.3, -0.25) is 4.90 Å². The summed E-state index contributed by atoms with van der Waals surface area (Å²) in [4.78, 5) is 2.66. The van der Waals surface area contributed by atoms with Crippen LogP contribution in [0, 0.1) is 5.41 Å². The summed E-state index contributed by atoms with van der Waals surface area (Å²) in [6, 6.07) is 0.584. The Morgan fingerprint density at radius 1 is 1.28 bits per heavy atom. The predicted molar refractivity (Wildman–Crippen MR) is 75.9 cm³/mol. The highest BCUT2D eigenvalue weighted by molar-refractivity contribution is 4.91. The maximum absolute atomic E-state index is 5.74. The van der Waals surface area contributed by atoms with Crippen molar-refractivity contribution in [2.75, 3.05) is 32.8 Å². The number of morpholine rings is 1. The molecule has 0 spiro atoms. The molecule has 1 saturated heterocycles. The molecule has 0 aromatic heterocycles. The van der Waals surface area contributed by atoms with E-state index in [4.69, 9.17) is 4.74 Å². The summed E-state index contributed by atoms with van der Waals surface area (Å²) in [6.45, 7) is 12.3. The Bertz CT molecular complexity index is 251. The molecular weight excluding hydrogens is 224 g/mol. The lowest BCUT2D eigenvalue weighted by Gasteiger charge is -2.42. The third-order valence-corrected chi connectivity index (χ3v) is 4.69. The average Bonchev–Trinajstić information content (AvgIpc) is 2.80. The van der Waals surface area contributed by atoms with Crippen LogP contribution in [0.2, 0.25) is 0 Å². The minimum atomic E-state index is 0.402. The summed E-state index contributed by atoms with van der Waals surface area (Å²) in [5.74, 6) is 0. The van der Waals surface area contributed by atoms with Gasteiger partial charge in [0.2, 0.25) is 0 Å². The highest BCUT2D eigenvalue weighted by Crippen LogP contribution is 2.39. The topological polar surface area (TPSA) is 24.5 Å². The van der Waals surface area contributed by atoms with Gasteiger partial charge >= 0.3 is 0 Å². The van der Waals surface area contributed by atoms with Gasteiger partial charge in [-0.05, 0) is 38.6 Å². The van der Waals surface area contributed by atoms with Crippen LogP contribution in [0.25, 0.3) is 0 Å². The van der Waals surface area contributed by atoms with E-state index >= 15 is 0 Å². The first kappa shape index (κ1) is 14.3. The summed E-state index contributed by atoms with van der Waals surface area (Å²) in [5.41, 5.74) is 0.529. The standard InChI is InChI=1S/C15H30N2O/c1-4-16-11-15(7-5-6-8-15)12-17-9-14(3)18-10-13(17)2/h13-14,16H,4-12H2,1-3H3. The minimum absolute atomic E-state index is 0.402. The summed E-state index contributed by atoms with van der Waals surface area (Å²) in [5, 5.41) is 3.59. The Hall–Kier alpha value is -0.120. The van der Waals surface area contributed by atoms with Crippen LogP contribution in [-0.2, 0) is 4.74 Å². The largest absolute Gasteiger partial charge is 0.376 e. The smallest absolute Gasteiger partial charge is 0.0674 e.